The fourth-order valence-corrected chi connectivity index (χ4v) is 4.38. The molecule has 1 aliphatic rings. The predicted octanol–water partition coefficient (Wildman–Crippen LogP) is 3.40. The molecule has 1 saturated heterocycles. The van der Waals surface area contributed by atoms with Gasteiger partial charge < -0.3 is 15.0 Å². The van der Waals surface area contributed by atoms with Crippen LogP contribution in [0.1, 0.15) is 77.2 Å². The van der Waals surface area contributed by atoms with Crippen LogP contribution in [0.4, 0.5) is 5.69 Å². The van der Waals surface area contributed by atoms with Crippen molar-refractivity contribution in [3.05, 3.63) is 52.3 Å². The summed E-state index contributed by atoms with van der Waals surface area (Å²) in [4.78, 5) is 52.3. The molecule has 170 valence electrons. The topological polar surface area (TPSA) is 117 Å². The van der Waals surface area contributed by atoms with Crippen LogP contribution in [-0.4, -0.2) is 35.8 Å². The zero-order chi connectivity index (χ0) is 23.5. The van der Waals surface area contributed by atoms with Crippen molar-refractivity contribution in [2.75, 3.05) is 12.4 Å². The molecule has 1 aromatic heterocycles. The summed E-state index contributed by atoms with van der Waals surface area (Å²) in [5, 5.41) is 5.29. The van der Waals surface area contributed by atoms with E-state index in [4.69, 9.17) is 4.74 Å². The number of rotatable bonds is 7. The first kappa shape index (κ1) is 23.2. The zero-order valence-corrected chi connectivity index (χ0v) is 18.9. The number of aromatic amines is 1. The van der Waals surface area contributed by atoms with E-state index in [9.17, 15) is 19.2 Å². The molecule has 1 unspecified atom stereocenters. The van der Waals surface area contributed by atoms with Crippen molar-refractivity contribution in [3.8, 4) is 0 Å². The van der Waals surface area contributed by atoms with Crippen molar-refractivity contribution in [2.24, 2.45) is 0 Å². The highest BCUT2D eigenvalue weighted by Gasteiger charge is 2.42. The first-order valence-corrected chi connectivity index (χ1v) is 10.8. The van der Waals surface area contributed by atoms with Gasteiger partial charge in [-0.05, 0) is 49.4 Å². The standard InChI is InChI=1S/C24H29N3O5/c1-5-7-17-19(22(30)32-4)14(3)25-20(17)21(29)26-16-10-8-15(9-11-16)24(6-2)13-12-18(28)27-23(24)31/h8-11,25H,5-7,12-13H2,1-4H3,(H,26,29)(H,27,28,31). The predicted molar refractivity (Wildman–Crippen MR) is 120 cm³/mol. The highest BCUT2D eigenvalue weighted by atomic mass is 16.5. The molecule has 1 aliphatic heterocycles. The van der Waals surface area contributed by atoms with Gasteiger partial charge in [0.15, 0.2) is 0 Å². The third kappa shape index (κ3) is 4.17. The van der Waals surface area contributed by atoms with Gasteiger partial charge in [-0.1, -0.05) is 32.4 Å². The molecule has 1 aromatic carbocycles. The molecule has 2 heterocycles. The molecule has 8 nitrogen and oxygen atoms in total. The molecule has 3 N–H and O–H groups in total. The molecule has 8 heteroatoms. The van der Waals surface area contributed by atoms with Crippen LogP contribution in [0.3, 0.4) is 0 Å². The second-order valence-corrected chi connectivity index (χ2v) is 8.06. The average Bonchev–Trinajstić information content (AvgIpc) is 3.10. The maximum absolute atomic E-state index is 13.0. The van der Waals surface area contributed by atoms with Crippen molar-refractivity contribution in [1.82, 2.24) is 10.3 Å². The van der Waals surface area contributed by atoms with Crippen LogP contribution < -0.4 is 10.6 Å². The average molecular weight is 440 g/mol. The Kier molecular flexibility index (Phi) is 6.81. The van der Waals surface area contributed by atoms with E-state index >= 15 is 0 Å². The molecular formula is C24H29N3O5. The minimum Gasteiger partial charge on any atom is -0.465 e. The van der Waals surface area contributed by atoms with Gasteiger partial charge in [-0.15, -0.1) is 0 Å². The fraction of sp³-hybridized carbons (Fsp3) is 0.417. The first-order valence-electron chi connectivity index (χ1n) is 10.8. The molecule has 2 aromatic rings. The lowest BCUT2D eigenvalue weighted by molar-refractivity contribution is -0.138. The summed E-state index contributed by atoms with van der Waals surface area (Å²) in [6.45, 7) is 5.64. The minimum absolute atomic E-state index is 0.251. The van der Waals surface area contributed by atoms with E-state index in [1.807, 2.05) is 13.8 Å². The monoisotopic (exact) mass is 439 g/mol. The number of aryl methyl sites for hydroxylation is 1. The first-order chi connectivity index (χ1) is 15.3. The Morgan fingerprint density at radius 2 is 1.84 bits per heavy atom. The summed E-state index contributed by atoms with van der Waals surface area (Å²) in [5.41, 5.74) is 2.58. The molecular weight excluding hydrogens is 410 g/mol. The van der Waals surface area contributed by atoms with E-state index in [0.29, 0.717) is 53.9 Å². The third-order valence-corrected chi connectivity index (χ3v) is 6.17. The van der Waals surface area contributed by atoms with Gasteiger partial charge in [0.05, 0.1) is 18.1 Å². The summed E-state index contributed by atoms with van der Waals surface area (Å²) >= 11 is 0. The molecule has 0 radical (unpaired) electrons. The number of benzene rings is 1. The second-order valence-electron chi connectivity index (χ2n) is 8.06. The Bertz CT molecular complexity index is 1050. The van der Waals surface area contributed by atoms with E-state index in [2.05, 4.69) is 15.6 Å². The van der Waals surface area contributed by atoms with Crippen LogP contribution in [0, 0.1) is 6.92 Å². The van der Waals surface area contributed by atoms with Gasteiger partial charge in [0.1, 0.15) is 5.69 Å². The number of hydrogen-bond donors (Lipinski definition) is 3. The van der Waals surface area contributed by atoms with E-state index in [1.54, 1.807) is 31.2 Å². The number of aromatic nitrogens is 1. The van der Waals surface area contributed by atoms with Crippen LogP contribution in [0.25, 0.3) is 0 Å². The smallest absolute Gasteiger partial charge is 0.339 e. The second kappa shape index (κ2) is 9.38. The van der Waals surface area contributed by atoms with E-state index in [-0.39, 0.29) is 17.7 Å². The lowest BCUT2D eigenvalue weighted by atomic mass is 9.72. The zero-order valence-electron chi connectivity index (χ0n) is 18.9. The molecule has 0 spiro atoms. The number of hydrogen-bond acceptors (Lipinski definition) is 5. The van der Waals surface area contributed by atoms with Crippen molar-refractivity contribution >= 4 is 29.4 Å². The van der Waals surface area contributed by atoms with Gasteiger partial charge in [0.2, 0.25) is 11.8 Å². The number of carbonyl (C=O) groups is 4. The number of ether oxygens (including phenoxy) is 1. The van der Waals surface area contributed by atoms with Crippen LogP contribution in [-0.2, 0) is 26.2 Å². The van der Waals surface area contributed by atoms with Crippen LogP contribution >= 0.6 is 0 Å². The number of amides is 3. The molecule has 32 heavy (non-hydrogen) atoms. The minimum atomic E-state index is -0.753. The van der Waals surface area contributed by atoms with E-state index in [1.165, 1.54) is 7.11 Å². The van der Waals surface area contributed by atoms with Gasteiger partial charge >= 0.3 is 5.97 Å². The number of methoxy groups -OCH3 is 1. The number of H-pyrrole nitrogens is 1. The Hall–Kier alpha value is -3.42. The Morgan fingerprint density at radius 1 is 1.16 bits per heavy atom. The van der Waals surface area contributed by atoms with Gasteiger partial charge in [0, 0.05) is 17.8 Å². The lowest BCUT2D eigenvalue weighted by Crippen LogP contribution is -2.51. The SMILES string of the molecule is CCCc1c(C(=O)Nc2ccc(C3(CC)CCC(=O)NC3=O)cc2)[nH]c(C)c1C(=O)OC. The van der Waals surface area contributed by atoms with Gasteiger partial charge in [-0.2, -0.15) is 0 Å². The van der Waals surface area contributed by atoms with Crippen LogP contribution in [0.15, 0.2) is 24.3 Å². The van der Waals surface area contributed by atoms with Crippen LogP contribution in [0.2, 0.25) is 0 Å². The Balaban J connectivity index is 1.85. The quantitative estimate of drug-likeness (QED) is 0.451. The number of imide groups is 1. The molecule has 1 atom stereocenters. The molecule has 3 amide bonds. The largest absolute Gasteiger partial charge is 0.465 e. The van der Waals surface area contributed by atoms with Gasteiger partial charge in [-0.3, -0.25) is 19.7 Å². The fourth-order valence-electron chi connectivity index (χ4n) is 4.38. The molecule has 3 rings (SSSR count). The summed E-state index contributed by atoms with van der Waals surface area (Å²) < 4.78 is 4.88. The number of carbonyl (C=O) groups excluding carboxylic acids is 4. The normalized spacial score (nSPS) is 18.2. The molecule has 1 fully saturated rings. The molecule has 0 aliphatic carbocycles. The summed E-state index contributed by atoms with van der Waals surface area (Å²) in [7, 11) is 1.32. The summed E-state index contributed by atoms with van der Waals surface area (Å²) in [6.07, 6.45) is 2.64. The maximum Gasteiger partial charge on any atom is 0.339 e. The van der Waals surface area contributed by atoms with Crippen molar-refractivity contribution in [3.63, 3.8) is 0 Å². The Labute approximate surface area is 187 Å². The lowest BCUT2D eigenvalue weighted by Gasteiger charge is -2.35. The molecule has 0 bridgehead atoms. The Morgan fingerprint density at radius 3 is 2.41 bits per heavy atom. The maximum atomic E-state index is 13.0. The van der Waals surface area contributed by atoms with Gasteiger partial charge in [0.25, 0.3) is 5.91 Å². The highest BCUT2D eigenvalue weighted by molar-refractivity contribution is 6.07. The van der Waals surface area contributed by atoms with Crippen LogP contribution in [0.5, 0.6) is 0 Å². The van der Waals surface area contributed by atoms with Crippen molar-refractivity contribution in [1.29, 1.82) is 0 Å². The highest BCUT2D eigenvalue weighted by Crippen LogP contribution is 2.36. The van der Waals surface area contributed by atoms with Gasteiger partial charge in [-0.25, -0.2) is 4.79 Å². The number of nitrogens with one attached hydrogen (secondary N) is 3. The van der Waals surface area contributed by atoms with E-state index < -0.39 is 11.4 Å². The summed E-state index contributed by atoms with van der Waals surface area (Å²) in [5.74, 6) is -1.36. The number of piperidine rings is 1. The number of anilines is 1. The summed E-state index contributed by atoms with van der Waals surface area (Å²) in [6, 6.07) is 7.10. The third-order valence-electron chi connectivity index (χ3n) is 6.17. The van der Waals surface area contributed by atoms with Crippen molar-refractivity contribution < 1.29 is 23.9 Å². The molecule has 0 saturated carbocycles. The number of esters is 1. The van der Waals surface area contributed by atoms with Crippen molar-refractivity contribution in [2.45, 2.75) is 58.3 Å². The van der Waals surface area contributed by atoms with E-state index in [0.717, 1.165) is 12.0 Å².